The number of fused-ring (bicyclic) bond motifs is 2. The van der Waals surface area contributed by atoms with E-state index in [1.807, 2.05) is 24.3 Å². The number of hydrogen-bond donors (Lipinski definition) is 1. The quantitative estimate of drug-likeness (QED) is 0.567. The van der Waals surface area contributed by atoms with Gasteiger partial charge < -0.3 is 24.3 Å². The van der Waals surface area contributed by atoms with Crippen LogP contribution in [-0.4, -0.2) is 47.3 Å². The fourth-order valence-corrected chi connectivity index (χ4v) is 4.76. The zero-order valence-electron chi connectivity index (χ0n) is 19.7. The predicted molar refractivity (Wildman–Crippen MR) is 130 cm³/mol. The third-order valence-corrected chi connectivity index (χ3v) is 6.48. The number of anilines is 2. The fourth-order valence-electron chi connectivity index (χ4n) is 4.76. The molecule has 1 N–H and O–H groups in total. The Morgan fingerprint density at radius 1 is 1.00 bits per heavy atom. The van der Waals surface area contributed by atoms with E-state index in [1.165, 1.54) is 16.1 Å². The highest BCUT2D eigenvalue weighted by atomic mass is 16.5. The average Bonchev–Trinajstić information content (AvgIpc) is 3.38. The van der Waals surface area contributed by atoms with E-state index in [0.29, 0.717) is 11.4 Å². The van der Waals surface area contributed by atoms with Crippen molar-refractivity contribution in [1.29, 1.82) is 0 Å². The highest BCUT2D eigenvalue weighted by molar-refractivity contribution is 6.05. The molecule has 0 bridgehead atoms. The Labute approximate surface area is 207 Å². The fraction of sp³-hybridized carbons (Fsp3) is 0.259. The molecule has 5 rings (SSSR count). The van der Waals surface area contributed by atoms with Gasteiger partial charge in [0.2, 0.25) is 5.91 Å². The largest absolute Gasteiger partial charge is 0.459 e. The van der Waals surface area contributed by atoms with E-state index in [2.05, 4.69) is 5.32 Å². The van der Waals surface area contributed by atoms with Crippen molar-refractivity contribution in [3.8, 4) is 0 Å². The van der Waals surface area contributed by atoms with Gasteiger partial charge in [0.1, 0.15) is 6.04 Å². The molecule has 3 heterocycles. The van der Waals surface area contributed by atoms with Crippen molar-refractivity contribution in [3.05, 3.63) is 83.8 Å². The van der Waals surface area contributed by atoms with Crippen LogP contribution in [0.3, 0.4) is 0 Å². The van der Waals surface area contributed by atoms with Crippen molar-refractivity contribution >= 4 is 35.1 Å². The smallest absolute Gasteiger partial charge is 0.329 e. The summed E-state index contributed by atoms with van der Waals surface area (Å²) in [6, 6.07) is 16.4. The maximum absolute atomic E-state index is 13.2. The van der Waals surface area contributed by atoms with Crippen molar-refractivity contribution in [2.45, 2.75) is 38.4 Å². The van der Waals surface area contributed by atoms with Crippen molar-refractivity contribution < 1.29 is 28.3 Å². The molecule has 1 aromatic heterocycles. The second-order valence-electron chi connectivity index (χ2n) is 8.89. The minimum Gasteiger partial charge on any atom is -0.459 e. The van der Waals surface area contributed by atoms with Crippen LogP contribution in [-0.2, 0) is 32.1 Å². The monoisotopic (exact) mass is 487 g/mol. The van der Waals surface area contributed by atoms with Crippen LogP contribution >= 0.6 is 0 Å². The van der Waals surface area contributed by atoms with Gasteiger partial charge in [-0.25, -0.2) is 4.79 Å². The molecule has 0 saturated heterocycles. The third kappa shape index (κ3) is 4.47. The van der Waals surface area contributed by atoms with Crippen LogP contribution in [0, 0.1) is 0 Å². The molecule has 9 nitrogen and oxygen atoms in total. The molecule has 9 heteroatoms. The zero-order chi connectivity index (χ0) is 25.2. The predicted octanol–water partition coefficient (Wildman–Crippen LogP) is 3.15. The van der Waals surface area contributed by atoms with E-state index in [4.69, 9.17) is 9.15 Å². The number of furan rings is 1. The first kappa shape index (κ1) is 23.3. The Bertz CT molecular complexity index is 1320. The van der Waals surface area contributed by atoms with Gasteiger partial charge in [-0.15, -0.1) is 0 Å². The Kier molecular flexibility index (Phi) is 6.28. The number of carbonyl (C=O) groups excluding carboxylic acids is 4. The van der Waals surface area contributed by atoms with E-state index in [-0.39, 0.29) is 31.1 Å². The number of nitrogens with one attached hydrogen (secondary N) is 1. The van der Waals surface area contributed by atoms with Crippen LogP contribution in [0.25, 0.3) is 0 Å². The van der Waals surface area contributed by atoms with Gasteiger partial charge in [-0.3, -0.25) is 14.4 Å². The number of esters is 1. The molecule has 2 aromatic carbocycles. The van der Waals surface area contributed by atoms with Gasteiger partial charge in [-0.05, 0) is 42.3 Å². The summed E-state index contributed by atoms with van der Waals surface area (Å²) in [5.41, 5.74) is 2.93. The summed E-state index contributed by atoms with van der Waals surface area (Å²) in [6.07, 6.45) is 1.77. The molecule has 3 amide bonds. The minimum absolute atomic E-state index is 0.110. The second-order valence-corrected chi connectivity index (χ2v) is 8.89. The number of nitrogens with zero attached hydrogens (tertiary/aromatic N) is 2. The van der Waals surface area contributed by atoms with Crippen molar-refractivity contribution in [1.82, 2.24) is 4.90 Å². The molecule has 3 aromatic rings. The molecule has 0 saturated carbocycles. The van der Waals surface area contributed by atoms with Crippen LogP contribution in [0.15, 0.2) is 71.3 Å². The first-order valence-corrected chi connectivity index (χ1v) is 11.7. The van der Waals surface area contributed by atoms with Gasteiger partial charge in [-0.2, -0.15) is 0 Å². The summed E-state index contributed by atoms with van der Waals surface area (Å²) in [7, 11) is 0. The molecular weight excluding hydrogens is 462 g/mol. The molecule has 2 atom stereocenters. The first-order valence-electron chi connectivity index (χ1n) is 11.7. The van der Waals surface area contributed by atoms with E-state index >= 15 is 0 Å². The molecule has 0 radical (unpaired) electrons. The summed E-state index contributed by atoms with van der Waals surface area (Å²) >= 11 is 0. The number of rotatable bonds is 4. The molecular formula is C27H25N3O6. The van der Waals surface area contributed by atoms with Crippen molar-refractivity contribution in [2.75, 3.05) is 16.8 Å². The Morgan fingerprint density at radius 3 is 2.53 bits per heavy atom. The van der Waals surface area contributed by atoms with E-state index in [0.717, 1.165) is 11.1 Å². The number of hydrogen-bond acceptors (Lipinski definition) is 6. The van der Waals surface area contributed by atoms with Crippen molar-refractivity contribution in [2.24, 2.45) is 0 Å². The van der Waals surface area contributed by atoms with E-state index in [9.17, 15) is 19.2 Å². The van der Waals surface area contributed by atoms with Gasteiger partial charge in [-0.1, -0.05) is 36.4 Å². The highest BCUT2D eigenvalue weighted by Crippen LogP contribution is 2.31. The first-order chi connectivity index (χ1) is 17.4. The van der Waals surface area contributed by atoms with Crippen LogP contribution in [0.1, 0.15) is 35.0 Å². The molecule has 0 fully saturated rings. The lowest BCUT2D eigenvalue weighted by Gasteiger charge is -2.35. The highest BCUT2D eigenvalue weighted by Gasteiger charge is 2.38. The van der Waals surface area contributed by atoms with Crippen LogP contribution in [0.2, 0.25) is 0 Å². The second kappa shape index (κ2) is 9.69. The molecule has 0 spiro atoms. The maximum Gasteiger partial charge on any atom is 0.329 e. The summed E-state index contributed by atoms with van der Waals surface area (Å²) in [5, 5.41) is 2.80. The van der Waals surface area contributed by atoms with Gasteiger partial charge in [0.25, 0.3) is 11.8 Å². The summed E-state index contributed by atoms with van der Waals surface area (Å²) in [5.74, 6) is -1.64. The molecule has 2 aliphatic rings. The molecule has 36 heavy (non-hydrogen) atoms. The normalized spacial score (nSPS) is 19.0. The number of ether oxygens (including phenoxy) is 1. The third-order valence-electron chi connectivity index (χ3n) is 6.48. The topological polar surface area (TPSA) is 109 Å². The minimum atomic E-state index is -0.914. The zero-order valence-corrected chi connectivity index (χ0v) is 19.7. The Hall–Kier alpha value is -4.40. The standard InChI is InChI=1S/C27H25N3O6/c1-17-13-24(31)28-20-9-4-5-10-21(20)30(17)25(32)16-36-27(34)22-14-18-7-2-3-8-19(18)15-29(22)26(33)23-11-6-12-35-23/h2-12,17,22H,13-16H2,1H3,(H,28,31). The van der Waals surface area contributed by atoms with Crippen molar-refractivity contribution in [3.63, 3.8) is 0 Å². The van der Waals surface area contributed by atoms with Gasteiger partial charge in [0.15, 0.2) is 12.4 Å². The summed E-state index contributed by atoms with van der Waals surface area (Å²) < 4.78 is 10.8. The van der Waals surface area contributed by atoms with Crippen LogP contribution in [0.5, 0.6) is 0 Å². The SMILES string of the molecule is CC1CC(=O)Nc2ccccc2N1C(=O)COC(=O)C1Cc2ccccc2CN1C(=O)c1ccco1. The lowest BCUT2D eigenvalue weighted by molar-refractivity contribution is -0.153. The average molecular weight is 488 g/mol. The molecule has 2 unspecified atom stereocenters. The number of carbonyl (C=O) groups is 4. The molecule has 184 valence electrons. The van der Waals surface area contributed by atoms with E-state index < -0.39 is 36.5 Å². The van der Waals surface area contributed by atoms with Gasteiger partial charge in [0.05, 0.1) is 17.6 Å². The molecule has 0 aliphatic carbocycles. The Balaban J connectivity index is 1.35. The Morgan fingerprint density at radius 2 is 1.75 bits per heavy atom. The van der Waals surface area contributed by atoms with Gasteiger partial charge in [0, 0.05) is 25.4 Å². The summed E-state index contributed by atoms with van der Waals surface area (Å²) in [4.78, 5) is 54.7. The number of amides is 3. The van der Waals surface area contributed by atoms with Crippen LogP contribution < -0.4 is 10.2 Å². The lowest BCUT2D eigenvalue weighted by atomic mass is 9.93. The summed E-state index contributed by atoms with van der Waals surface area (Å²) in [6.45, 7) is 1.46. The number of benzene rings is 2. The van der Waals surface area contributed by atoms with Gasteiger partial charge >= 0.3 is 5.97 Å². The maximum atomic E-state index is 13.2. The van der Waals surface area contributed by atoms with Crippen LogP contribution in [0.4, 0.5) is 11.4 Å². The number of para-hydroxylation sites is 2. The van der Waals surface area contributed by atoms with E-state index in [1.54, 1.807) is 43.3 Å². The molecule has 2 aliphatic heterocycles. The lowest BCUT2D eigenvalue weighted by Crippen LogP contribution is -2.50.